The van der Waals surface area contributed by atoms with Crippen LogP contribution in [0.3, 0.4) is 0 Å². The Morgan fingerprint density at radius 1 is 1.17 bits per heavy atom. The molecule has 0 heterocycles. The monoisotopic (exact) mass is 257 g/mol. The summed E-state index contributed by atoms with van der Waals surface area (Å²) in [4.78, 5) is 0. The molecule has 1 aliphatic carbocycles. The molecule has 1 saturated carbocycles. The van der Waals surface area contributed by atoms with Gasteiger partial charge in [-0.1, -0.05) is 0 Å². The maximum absolute atomic E-state index is 13.1. The summed E-state index contributed by atoms with van der Waals surface area (Å²) in [6, 6.07) is 2.91. The SMILES string of the molecule is COc1cc(C(F)F)c(C2(N)CCC2)cc1OC. The lowest BCUT2D eigenvalue weighted by Gasteiger charge is -2.40. The lowest BCUT2D eigenvalue weighted by atomic mass is 9.71. The molecule has 1 aromatic carbocycles. The maximum atomic E-state index is 13.1. The van der Waals surface area contributed by atoms with E-state index in [0.29, 0.717) is 17.1 Å². The Kier molecular flexibility index (Phi) is 3.43. The Balaban J connectivity index is 2.55. The van der Waals surface area contributed by atoms with Crippen molar-refractivity contribution >= 4 is 0 Å². The third-order valence-electron chi connectivity index (χ3n) is 3.57. The minimum absolute atomic E-state index is 0.0603. The first-order valence-corrected chi connectivity index (χ1v) is 5.85. The topological polar surface area (TPSA) is 44.5 Å². The molecule has 1 aromatic rings. The molecule has 0 unspecified atom stereocenters. The largest absolute Gasteiger partial charge is 0.493 e. The van der Waals surface area contributed by atoms with Crippen molar-refractivity contribution in [2.24, 2.45) is 5.73 Å². The second-order valence-corrected chi connectivity index (χ2v) is 4.60. The summed E-state index contributed by atoms with van der Waals surface area (Å²) < 4.78 is 36.4. The van der Waals surface area contributed by atoms with Crippen molar-refractivity contribution in [1.29, 1.82) is 0 Å². The van der Waals surface area contributed by atoms with Gasteiger partial charge in [-0.15, -0.1) is 0 Å². The molecule has 2 N–H and O–H groups in total. The number of methoxy groups -OCH3 is 2. The van der Waals surface area contributed by atoms with Gasteiger partial charge in [-0.2, -0.15) is 0 Å². The highest BCUT2D eigenvalue weighted by atomic mass is 19.3. The third-order valence-corrected chi connectivity index (χ3v) is 3.57. The lowest BCUT2D eigenvalue weighted by Crippen LogP contribution is -2.44. The number of alkyl halides is 2. The van der Waals surface area contributed by atoms with Crippen molar-refractivity contribution in [3.63, 3.8) is 0 Å². The average Bonchev–Trinajstić information content (AvgIpc) is 2.34. The fraction of sp³-hybridized carbons (Fsp3) is 0.538. The molecule has 0 saturated heterocycles. The Morgan fingerprint density at radius 3 is 2.11 bits per heavy atom. The summed E-state index contributed by atoms with van der Waals surface area (Å²) in [5.74, 6) is 0.744. The average molecular weight is 257 g/mol. The van der Waals surface area contributed by atoms with E-state index in [1.807, 2.05) is 0 Å². The van der Waals surface area contributed by atoms with Crippen LogP contribution in [0.2, 0.25) is 0 Å². The molecule has 0 amide bonds. The van der Waals surface area contributed by atoms with Gasteiger partial charge < -0.3 is 15.2 Å². The number of benzene rings is 1. The number of ether oxygens (including phenoxy) is 2. The molecular formula is C13H17F2NO2. The summed E-state index contributed by atoms with van der Waals surface area (Å²) >= 11 is 0. The predicted molar refractivity (Wildman–Crippen MR) is 64.2 cm³/mol. The van der Waals surface area contributed by atoms with Gasteiger partial charge in [0.2, 0.25) is 0 Å². The number of hydrogen-bond acceptors (Lipinski definition) is 3. The Hall–Kier alpha value is -1.36. The van der Waals surface area contributed by atoms with Gasteiger partial charge in [-0.05, 0) is 37.0 Å². The van der Waals surface area contributed by atoms with E-state index in [-0.39, 0.29) is 5.56 Å². The molecule has 1 fully saturated rings. The van der Waals surface area contributed by atoms with Crippen molar-refractivity contribution in [2.45, 2.75) is 31.2 Å². The van der Waals surface area contributed by atoms with E-state index >= 15 is 0 Å². The quantitative estimate of drug-likeness (QED) is 0.901. The lowest BCUT2D eigenvalue weighted by molar-refractivity contribution is 0.143. The normalized spacial score (nSPS) is 17.4. The zero-order valence-corrected chi connectivity index (χ0v) is 10.5. The van der Waals surface area contributed by atoms with Crippen LogP contribution in [-0.4, -0.2) is 14.2 Å². The van der Waals surface area contributed by atoms with Crippen LogP contribution in [0, 0.1) is 0 Å². The molecule has 3 nitrogen and oxygen atoms in total. The first kappa shape index (κ1) is 13.1. The summed E-state index contributed by atoms with van der Waals surface area (Å²) in [6.07, 6.45) is -0.154. The number of nitrogens with two attached hydrogens (primary N) is 1. The van der Waals surface area contributed by atoms with Crippen LogP contribution in [0.4, 0.5) is 8.78 Å². The van der Waals surface area contributed by atoms with E-state index in [9.17, 15) is 8.78 Å². The zero-order valence-electron chi connectivity index (χ0n) is 10.5. The molecular weight excluding hydrogens is 240 g/mol. The van der Waals surface area contributed by atoms with Crippen molar-refractivity contribution < 1.29 is 18.3 Å². The van der Waals surface area contributed by atoms with Crippen LogP contribution in [0.5, 0.6) is 11.5 Å². The van der Waals surface area contributed by atoms with E-state index in [1.54, 1.807) is 6.07 Å². The van der Waals surface area contributed by atoms with Gasteiger partial charge in [0.05, 0.1) is 14.2 Å². The minimum Gasteiger partial charge on any atom is -0.493 e. The maximum Gasteiger partial charge on any atom is 0.264 e. The molecule has 18 heavy (non-hydrogen) atoms. The fourth-order valence-corrected chi connectivity index (χ4v) is 2.33. The standard InChI is InChI=1S/C13H17F2NO2/c1-17-10-6-8(12(14)15)9(7-11(10)18-2)13(16)4-3-5-13/h6-7,12H,3-5,16H2,1-2H3. The zero-order chi connectivity index (χ0) is 13.3. The van der Waals surface area contributed by atoms with Gasteiger partial charge in [-0.25, -0.2) is 8.78 Å². The van der Waals surface area contributed by atoms with Crippen molar-refractivity contribution in [3.8, 4) is 11.5 Å². The first-order valence-electron chi connectivity index (χ1n) is 5.85. The van der Waals surface area contributed by atoms with Crippen LogP contribution in [0.15, 0.2) is 12.1 Å². The van der Waals surface area contributed by atoms with E-state index in [0.717, 1.165) is 19.3 Å². The molecule has 5 heteroatoms. The summed E-state index contributed by atoms with van der Waals surface area (Å²) in [7, 11) is 2.90. The van der Waals surface area contributed by atoms with Crippen LogP contribution >= 0.6 is 0 Å². The Morgan fingerprint density at radius 2 is 1.72 bits per heavy atom. The second kappa shape index (κ2) is 4.72. The molecule has 0 radical (unpaired) electrons. The smallest absolute Gasteiger partial charge is 0.264 e. The van der Waals surface area contributed by atoms with Crippen LogP contribution < -0.4 is 15.2 Å². The van der Waals surface area contributed by atoms with Gasteiger partial charge in [-0.3, -0.25) is 0 Å². The van der Waals surface area contributed by atoms with Gasteiger partial charge in [0.1, 0.15) is 0 Å². The molecule has 0 atom stereocenters. The van der Waals surface area contributed by atoms with E-state index < -0.39 is 12.0 Å². The van der Waals surface area contributed by atoms with Gasteiger partial charge >= 0.3 is 0 Å². The summed E-state index contributed by atoms with van der Waals surface area (Å²) in [6.45, 7) is 0. The summed E-state index contributed by atoms with van der Waals surface area (Å²) in [5.41, 5.74) is 5.91. The summed E-state index contributed by atoms with van der Waals surface area (Å²) in [5, 5.41) is 0. The molecule has 0 bridgehead atoms. The van der Waals surface area contributed by atoms with Crippen molar-refractivity contribution in [1.82, 2.24) is 0 Å². The Bertz CT molecular complexity index is 445. The highest BCUT2D eigenvalue weighted by Crippen LogP contribution is 2.46. The van der Waals surface area contributed by atoms with Crippen molar-refractivity contribution in [3.05, 3.63) is 23.3 Å². The van der Waals surface area contributed by atoms with E-state index in [1.165, 1.54) is 20.3 Å². The van der Waals surface area contributed by atoms with Crippen LogP contribution in [0.1, 0.15) is 36.8 Å². The van der Waals surface area contributed by atoms with Crippen molar-refractivity contribution in [2.75, 3.05) is 14.2 Å². The third kappa shape index (κ3) is 2.03. The molecule has 0 aliphatic heterocycles. The molecule has 100 valence electrons. The Labute approximate surface area is 105 Å². The van der Waals surface area contributed by atoms with Crippen LogP contribution in [0.25, 0.3) is 0 Å². The molecule has 2 rings (SSSR count). The number of halogens is 2. The predicted octanol–water partition coefficient (Wildman–Crippen LogP) is 2.98. The van der Waals surface area contributed by atoms with E-state index in [2.05, 4.69) is 0 Å². The van der Waals surface area contributed by atoms with Crippen LogP contribution in [-0.2, 0) is 5.54 Å². The van der Waals surface area contributed by atoms with Gasteiger partial charge in [0.25, 0.3) is 6.43 Å². The number of hydrogen-bond donors (Lipinski definition) is 1. The molecule has 0 spiro atoms. The fourth-order valence-electron chi connectivity index (χ4n) is 2.33. The molecule has 0 aromatic heterocycles. The van der Waals surface area contributed by atoms with Gasteiger partial charge in [0.15, 0.2) is 11.5 Å². The first-order chi connectivity index (χ1) is 8.51. The van der Waals surface area contributed by atoms with E-state index in [4.69, 9.17) is 15.2 Å². The molecule has 1 aliphatic rings. The number of rotatable bonds is 4. The minimum atomic E-state index is -2.57. The van der Waals surface area contributed by atoms with Gasteiger partial charge in [0, 0.05) is 11.1 Å². The highest BCUT2D eigenvalue weighted by Gasteiger charge is 2.38. The highest BCUT2D eigenvalue weighted by molar-refractivity contribution is 5.50. The second-order valence-electron chi connectivity index (χ2n) is 4.60.